The highest BCUT2D eigenvalue weighted by molar-refractivity contribution is 5.62. The van der Waals surface area contributed by atoms with E-state index in [-0.39, 0.29) is 12.2 Å². The Bertz CT molecular complexity index is 426. The van der Waals surface area contributed by atoms with Gasteiger partial charge in [-0.2, -0.15) is 0 Å². The number of rotatable bonds is 5. The molecule has 1 aromatic carbocycles. The van der Waals surface area contributed by atoms with Crippen LogP contribution in [0.3, 0.4) is 0 Å². The van der Waals surface area contributed by atoms with Crippen LogP contribution in [0.25, 0.3) is 0 Å². The lowest BCUT2D eigenvalue weighted by Crippen LogP contribution is -2.36. The average molecular weight is 279 g/mol. The number of hydrogen-bond acceptors (Lipinski definition) is 4. The summed E-state index contributed by atoms with van der Waals surface area (Å²) in [4.78, 5) is 2.30. The van der Waals surface area contributed by atoms with Crippen molar-refractivity contribution in [2.75, 3.05) is 31.2 Å². The van der Waals surface area contributed by atoms with Gasteiger partial charge in [-0.1, -0.05) is 0 Å². The van der Waals surface area contributed by atoms with Crippen molar-refractivity contribution in [1.82, 2.24) is 0 Å². The molecule has 0 N–H and O–H groups in total. The van der Waals surface area contributed by atoms with E-state index in [0.29, 0.717) is 0 Å². The van der Waals surface area contributed by atoms with Crippen LogP contribution in [0.5, 0.6) is 11.5 Å². The van der Waals surface area contributed by atoms with E-state index >= 15 is 0 Å². The number of anilines is 1. The standard InChI is InChI=1S/C16H25NO3/c1-12(2)19-14-5-6-16(20-13(3)4)15(11-14)17-7-9-18-10-8-17/h5-6,11-13H,7-10H2,1-4H3. The van der Waals surface area contributed by atoms with E-state index in [2.05, 4.69) is 11.0 Å². The molecule has 4 nitrogen and oxygen atoms in total. The van der Waals surface area contributed by atoms with Crippen molar-refractivity contribution in [3.05, 3.63) is 18.2 Å². The van der Waals surface area contributed by atoms with Crippen molar-refractivity contribution in [2.24, 2.45) is 0 Å². The minimum atomic E-state index is 0.159. The van der Waals surface area contributed by atoms with E-state index in [1.54, 1.807) is 0 Å². The third-order valence-corrected chi connectivity index (χ3v) is 3.02. The Morgan fingerprint density at radius 3 is 2.25 bits per heavy atom. The molecule has 1 heterocycles. The lowest BCUT2D eigenvalue weighted by atomic mass is 10.2. The second-order valence-electron chi connectivity index (χ2n) is 5.56. The van der Waals surface area contributed by atoms with E-state index in [1.807, 2.05) is 39.8 Å². The maximum absolute atomic E-state index is 5.92. The monoisotopic (exact) mass is 279 g/mol. The molecule has 0 amide bonds. The van der Waals surface area contributed by atoms with Gasteiger partial charge in [-0.15, -0.1) is 0 Å². The van der Waals surface area contributed by atoms with Crippen molar-refractivity contribution in [3.63, 3.8) is 0 Å². The van der Waals surface area contributed by atoms with Gasteiger partial charge in [0.15, 0.2) is 0 Å². The van der Waals surface area contributed by atoms with Crippen LogP contribution >= 0.6 is 0 Å². The Morgan fingerprint density at radius 2 is 1.65 bits per heavy atom. The molecule has 1 saturated heterocycles. The molecule has 0 bridgehead atoms. The van der Waals surface area contributed by atoms with Crippen LogP contribution in [-0.2, 0) is 4.74 Å². The number of benzene rings is 1. The lowest BCUT2D eigenvalue weighted by Gasteiger charge is -2.31. The Kier molecular flexibility index (Phi) is 5.12. The van der Waals surface area contributed by atoms with E-state index in [1.165, 1.54) is 0 Å². The maximum atomic E-state index is 5.92. The van der Waals surface area contributed by atoms with Crippen molar-refractivity contribution in [2.45, 2.75) is 39.9 Å². The maximum Gasteiger partial charge on any atom is 0.143 e. The molecule has 1 aliphatic rings. The summed E-state index contributed by atoms with van der Waals surface area (Å²) in [7, 11) is 0. The van der Waals surface area contributed by atoms with Gasteiger partial charge in [0.1, 0.15) is 11.5 Å². The third kappa shape index (κ3) is 4.04. The quantitative estimate of drug-likeness (QED) is 0.828. The highest BCUT2D eigenvalue weighted by Gasteiger charge is 2.17. The first-order chi connectivity index (χ1) is 9.56. The fourth-order valence-electron chi connectivity index (χ4n) is 2.25. The predicted octanol–water partition coefficient (Wildman–Crippen LogP) is 3.10. The van der Waals surface area contributed by atoms with E-state index in [0.717, 1.165) is 43.5 Å². The zero-order valence-corrected chi connectivity index (χ0v) is 12.9. The zero-order valence-electron chi connectivity index (χ0n) is 12.9. The van der Waals surface area contributed by atoms with Gasteiger partial charge in [0.05, 0.1) is 31.1 Å². The molecule has 0 spiro atoms. The average Bonchev–Trinajstić information content (AvgIpc) is 2.40. The fraction of sp³-hybridized carbons (Fsp3) is 0.625. The second kappa shape index (κ2) is 6.84. The van der Waals surface area contributed by atoms with Crippen LogP contribution in [0.2, 0.25) is 0 Å². The van der Waals surface area contributed by atoms with Gasteiger partial charge in [0.25, 0.3) is 0 Å². The molecule has 0 radical (unpaired) electrons. The Balaban J connectivity index is 2.26. The van der Waals surface area contributed by atoms with Gasteiger partial charge >= 0.3 is 0 Å². The molecule has 1 aliphatic heterocycles. The molecule has 20 heavy (non-hydrogen) atoms. The molecular weight excluding hydrogens is 254 g/mol. The van der Waals surface area contributed by atoms with E-state index < -0.39 is 0 Å². The molecule has 4 heteroatoms. The molecule has 1 fully saturated rings. The number of morpholine rings is 1. The first kappa shape index (κ1) is 15.0. The van der Waals surface area contributed by atoms with Crippen molar-refractivity contribution in [3.8, 4) is 11.5 Å². The first-order valence-electron chi connectivity index (χ1n) is 7.36. The van der Waals surface area contributed by atoms with Crippen LogP contribution in [0, 0.1) is 0 Å². The lowest BCUT2D eigenvalue weighted by molar-refractivity contribution is 0.122. The zero-order chi connectivity index (χ0) is 14.5. The van der Waals surface area contributed by atoms with Crippen LogP contribution in [-0.4, -0.2) is 38.5 Å². The first-order valence-corrected chi connectivity index (χ1v) is 7.36. The highest BCUT2D eigenvalue weighted by Crippen LogP contribution is 2.34. The van der Waals surface area contributed by atoms with Crippen LogP contribution in [0.1, 0.15) is 27.7 Å². The third-order valence-electron chi connectivity index (χ3n) is 3.02. The molecule has 2 rings (SSSR count). The Hall–Kier alpha value is -1.42. The number of nitrogens with zero attached hydrogens (tertiary/aromatic N) is 1. The van der Waals surface area contributed by atoms with Crippen molar-refractivity contribution < 1.29 is 14.2 Å². The second-order valence-corrected chi connectivity index (χ2v) is 5.56. The molecule has 0 aromatic heterocycles. The van der Waals surface area contributed by atoms with E-state index in [4.69, 9.17) is 14.2 Å². The highest BCUT2D eigenvalue weighted by atomic mass is 16.5. The summed E-state index contributed by atoms with van der Waals surface area (Å²) in [5, 5.41) is 0. The van der Waals surface area contributed by atoms with Crippen molar-refractivity contribution in [1.29, 1.82) is 0 Å². The van der Waals surface area contributed by atoms with Gasteiger partial charge in [-0.05, 0) is 39.8 Å². The summed E-state index contributed by atoms with van der Waals surface area (Å²) in [5.41, 5.74) is 1.10. The topological polar surface area (TPSA) is 30.9 Å². The van der Waals surface area contributed by atoms with Crippen LogP contribution in [0.15, 0.2) is 18.2 Å². The largest absolute Gasteiger partial charge is 0.491 e. The number of ether oxygens (including phenoxy) is 3. The number of hydrogen-bond donors (Lipinski definition) is 0. The Labute approximate surface area is 121 Å². The summed E-state index contributed by atoms with van der Waals surface area (Å²) >= 11 is 0. The fourth-order valence-corrected chi connectivity index (χ4v) is 2.25. The van der Waals surface area contributed by atoms with Gasteiger partial charge in [0.2, 0.25) is 0 Å². The van der Waals surface area contributed by atoms with Gasteiger partial charge in [0, 0.05) is 19.2 Å². The SMILES string of the molecule is CC(C)Oc1ccc(OC(C)C)c(N2CCOCC2)c1. The molecule has 0 saturated carbocycles. The van der Waals surface area contributed by atoms with Crippen molar-refractivity contribution >= 4 is 5.69 Å². The van der Waals surface area contributed by atoms with Crippen LogP contribution in [0.4, 0.5) is 5.69 Å². The summed E-state index contributed by atoms with van der Waals surface area (Å²) in [6, 6.07) is 6.05. The molecule has 112 valence electrons. The smallest absolute Gasteiger partial charge is 0.143 e. The molecule has 1 aromatic rings. The predicted molar refractivity (Wildman–Crippen MR) is 81.0 cm³/mol. The normalized spacial score (nSPS) is 15.8. The molecule has 0 unspecified atom stereocenters. The molecule has 0 atom stereocenters. The van der Waals surface area contributed by atoms with Crippen LogP contribution < -0.4 is 14.4 Å². The molecule has 0 aliphatic carbocycles. The summed E-state index contributed by atoms with van der Waals surface area (Å²) in [6.07, 6.45) is 0.330. The molecular formula is C16H25NO3. The summed E-state index contributed by atoms with van der Waals surface area (Å²) < 4.78 is 17.1. The Morgan fingerprint density at radius 1 is 1.00 bits per heavy atom. The van der Waals surface area contributed by atoms with Gasteiger partial charge in [-0.25, -0.2) is 0 Å². The summed E-state index contributed by atoms with van der Waals surface area (Å²) in [6.45, 7) is 11.5. The van der Waals surface area contributed by atoms with E-state index in [9.17, 15) is 0 Å². The van der Waals surface area contributed by atoms with Gasteiger partial charge < -0.3 is 19.1 Å². The minimum absolute atomic E-state index is 0.159. The summed E-state index contributed by atoms with van der Waals surface area (Å²) in [5.74, 6) is 1.80. The van der Waals surface area contributed by atoms with Gasteiger partial charge in [-0.3, -0.25) is 0 Å². The minimum Gasteiger partial charge on any atom is -0.491 e.